The molecule has 0 saturated carbocycles. The van der Waals surface area contributed by atoms with E-state index in [-0.39, 0.29) is 31.7 Å². The summed E-state index contributed by atoms with van der Waals surface area (Å²) in [5.74, 6) is 0. The normalized spacial score (nSPS) is 0. The average Bonchev–Trinajstić information content (AvgIpc) is 0. The van der Waals surface area contributed by atoms with Crippen molar-refractivity contribution in [2.75, 3.05) is 0 Å². The van der Waals surface area contributed by atoms with Crippen molar-refractivity contribution in [1.82, 2.24) is 0 Å². The third-order valence-electron chi connectivity index (χ3n) is 0. The molecule has 2 N–H and O–H groups in total. The first-order valence-electron chi connectivity index (χ1n) is 0. The van der Waals surface area contributed by atoms with Gasteiger partial charge in [0.25, 0.3) is 0 Å². The van der Waals surface area contributed by atoms with Crippen molar-refractivity contribution >= 4 is 0 Å². The van der Waals surface area contributed by atoms with E-state index in [1.165, 1.54) is 0 Å². The summed E-state index contributed by atoms with van der Waals surface area (Å²) in [7, 11) is 0. The van der Waals surface area contributed by atoms with Crippen molar-refractivity contribution in [2.24, 2.45) is 0 Å². The molecule has 0 aliphatic carbocycles. The molecule has 0 fully saturated rings. The Labute approximate surface area is 33.1 Å². The fraction of sp³-hybridized carbons (Fsp3) is 1.00. The van der Waals surface area contributed by atoms with Crippen LogP contribution in [0.15, 0.2) is 0 Å². The van der Waals surface area contributed by atoms with Gasteiger partial charge in [0.2, 0.25) is 0 Å². The van der Waals surface area contributed by atoms with Gasteiger partial charge in [-0.3, -0.25) is 18.8 Å². The highest BCUT2D eigenvalue weighted by Gasteiger charge is -0.0775. The Bertz CT molecular complexity index is 7.51. The van der Waals surface area contributed by atoms with Gasteiger partial charge in [0.1, 0.15) is 0 Å². The van der Waals surface area contributed by atoms with Gasteiger partial charge in [0.05, 0.1) is 0 Å². The molecule has 0 amide bonds. The number of halogens is 4. The van der Waals surface area contributed by atoms with E-state index in [1.54, 1.807) is 0 Å². The van der Waals surface area contributed by atoms with Crippen LogP contribution in [0.25, 0.3) is 0 Å². The maximum Gasteiger partial charge on any atom is -0.0776 e. The maximum atomic E-state index is 0. The molecule has 0 unspecified atom stereocenters. The summed E-state index contributed by atoms with van der Waals surface area (Å²) in [6, 6.07) is 0. The molecule has 5 heteroatoms. The number of hydrogen-bond acceptors (Lipinski definition) is 0. The van der Waals surface area contributed by atoms with E-state index >= 15 is 0 Å². The molecule has 0 aliphatic rings. The Morgan fingerprint density at radius 2 is 0.500 bits per heavy atom. The standard InChI is InChI=1S/CH4.4FH.H2O/h1H4;4*1H;1H2. The van der Waals surface area contributed by atoms with Gasteiger partial charge in [-0.05, 0) is 0 Å². The van der Waals surface area contributed by atoms with Crippen LogP contribution in [0.2, 0.25) is 0 Å². The minimum atomic E-state index is 0. The molecular weight excluding hydrogens is 104 g/mol. The third kappa shape index (κ3) is 258. The highest BCUT2D eigenvalue weighted by molar-refractivity contribution is 2.50. The van der Waals surface area contributed by atoms with Crippen molar-refractivity contribution in [1.29, 1.82) is 0 Å². The van der Waals surface area contributed by atoms with Crippen LogP contribution in [-0.2, 0) is 0 Å². The van der Waals surface area contributed by atoms with Crippen LogP contribution in [-0.4, -0.2) is 5.48 Å². The van der Waals surface area contributed by atoms with Crippen molar-refractivity contribution < 1.29 is 24.3 Å². The van der Waals surface area contributed by atoms with Gasteiger partial charge in [-0.2, -0.15) is 0 Å². The molecule has 0 radical (unpaired) electrons. The molecule has 0 atom stereocenters. The van der Waals surface area contributed by atoms with Crippen LogP contribution < -0.4 is 0 Å². The van der Waals surface area contributed by atoms with Gasteiger partial charge < -0.3 is 5.48 Å². The summed E-state index contributed by atoms with van der Waals surface area (Å²) >= 11 is 0. The van der Waals surface area contributed by atoms with Gasteiger partial charge >= 0.3 is 0 Å². The zero-order valence-electron chi connectivity index (χ0n) is 2.13. The predicted octanol–water partition coefficient (Wildman–Crippen LogP) is 0.421. The lowest BCUT2D eigenvalue weighted by atomic mass is 12.0. The monoisotopic (exact) mass is 114 g/mol. The zero-order chi connectivity index (χ0) is 0. The minimum Gasteiger partial charge on any atom is -0.412 e. The summed E-state index contributed by atoms with van der Waals surface area (Å²) in [5, 5.41) is 0. The van der Waals surface area contributed by atoms with Crippen LogP contribution in [0.4, 0.5) is 18.8 Å². The van der Waals surface area contributed by atoms with E-state index in [1.807, 2.05) is 0 Å². The molecule has 0 saturated heterocycles. The van der Waals surface area contributed by atoms with E-state index in [0.717, 1.165) is 0 Å². The molecule has 0 aromatic heterocycles. The molecule has 1 nitrogen and oxygen atoms in total. The SMILES string of the molecule is C.F.F.F.F.O. The van der Waals surface area contributed by atoms with Gasteiger partial charge in [-0.15, -0.1) is 0 Å². The van der Waals surface area contributed by atoms with Crippen LogP contribution >= 0.6 is 0 Å². The largest absolute Gasteiger partial charge is 0.412 e. The summed E-state index contributed by atoms with van der Waals surface area (Å²) in [4.78, 5) is 0. The average molecular weight is 114 g/mol. The van der Waals surface area contributed by atoms with E-state index in [2.05, 4.69) is 0 Å². The molecule has 0 aromatic rings. The van der Waals surface area contributed by atoms with Crippen molar-refractivity contribution in [3.63, 3.8) is 0 Å². The second-order valence-electron chi connectivity index (χ2n) is 0. The van der Waals surface area contributed by atoms with Crippen molar-refractivity contribution in [2.45, 2.75) is 7.43 Å². The molecular formula is CH10F4O. The quantitative estimate of drug-likeness (QED) is 0.409. The Balaban J connectivity index is 0. The Kier molecular flexibility index (Phi) is 125000. The third-order valence-corrected chi connectivity index (χ3v) is 0. The molecule has 0 heterocycles. The van der Waals surface area contributed by atoms with Crippen molar-refractivity contribution in [3.05, 3.63) is 0 Å². The lowest BCUT2D eigenvalue weighted by molar-refractivity contribution is 0.824. The molecule has 0 aliphatic heterocycles. The number of rotatable bonds is 0. The first-order valence-corrected chi connectivity index (χ1v) is 0. The van der Waals surface area contributed by atoms with Crippen LogP contribution in [0.1, 0.15) is 7.43 Å². The van der Waals surface area contributed by atoms with Gasteiger partial charge in [0, 0.05) is 0 Å². The summed E-state index contributed by atoms with van der Waals surface area (Å²) < 4.78 is 0. The second-order valence-corrected chi connectivity index (χ2v) is 0. The topological polar surface area (TPSA) is 31.5 Å². The minimum absolute atomic E-state index is 0. The molecule has 48 valence electrons. The fourth-order valence-electron chi connectivity index (χ4n) is 0. The maximum absolute atomic E-state index is 0. The molecule has 0 spiro atoms. The smallest absolute Gasteiger partial charge is 0.0776 e. The summed E-state index contributed by atoms with van der Waals surface area (Å²) in [6.45, 7) is 0. The Hall–Kier alpha value is -0.320. The molecule has 0 rings (SSSR count). The Morgan fingerprint density at radius 1 is 0.500 bits per heavy atom. The first kappa shape index (κ1) is 1210. The lowest BCUT2D eigenvalue weighted by Crippen LogP contribution is -0.289. The van der Waals surface area contributed by atoms with Gasteiger partial charge in [0.15, 0.2) is 0 Å². The fourth-order valence-corrected chi connectivity index (χ4v) is 0. The van der Waals surface area contributed by atoms with Crippen molar-refractivity contribution in [3.8, 4) is 0 Å². The molecule has 0 bridgehead atoms. The van der Waals surface area contributed by atoms with E-state index < -0.39 is 0 Å². The molecule has 6 heavy (non-hydrogen) atoms. The number of hydrogen-bond donors (Lipinski definition) is 0. The van der Waals surface area contributed by atoms with Gasteiger partial charge in [-0.25, -0.2) is 0 Å². The Morgan fingerprint density at radius 3 is 0.500 bits per heavy atom. The highest BCUT2D eigenvalue weighted by Crippen LogP contribution is 0.423. The highest BCUT2D eigenvalue weighted by atomic mass is 19.0. The van der Waals surface area contributed by atoms with E-state index in [4.69, 9.17) is 0 Å². The first-order chi connectivity index (χ1) is 0. The zero-order valence-corrected chi connectivity index (χ0v) is 2.13. The van der Waals surface area contributed by atoms with Crippen LogP contribution in [0, 0.1) is 0 Å². The second kappa shape index (κ2) is 619. The van der Waals surface area contributed by atoms with Crippen LogP contribution in [0.5, 0.6) is 0 Å². The predicted molar refractivity (Wildman–Crippen MR) is 20.4 cm³/mol. The molecule has 0 aromatic carbocycles. The van der Waals surface area contributed by atoms with E-state index in [9.17, 15) is 0 Å². The lowest BCUT2D eigenvalue weighted by Gasteiger charge is -0.412. The van der Waals surface area contributed by atoms with Gasteiger partial charge in [-0.1, -0.05) is 7.43 Å². The summed E-state index contributed by atoms with van der Waals surface area (Å²) in [5.41, 5.74) is 0. The van der Waals surface area contributed by atoms with E-state index in [0.29, 0.717) is 0 Å². The summed E-state index contributed by atoms with van der Waals surface area (Å²) in [6.07, 6.45) is 0. The van der Waals surface area contributed by atoms with Crippen LogP contribution in [0.3, 0.4) is 0 Å².